The summed E-state index contributed by atoms with van der Waals surface area (Å²) in [5, 5.41) is 13.6. The Bertz CT molecular complexity index is 2030. The van der Waals surface area contributed by atoms with Gasteiger partial charge in [-0.15, -0.1) is 0 Å². The first-order valence-electron chi connectivity index (χ1n) is 23.6. The molecule has 1 aromatic heterocycles. The molecule has 19 heteroatoms. The maximum atomic E-state index is 14.0. The van der Waals surface area contributed by atoms with Crippen LogP contribution in [0.4, 0.5) is 0 Å². The van der Waals surface area contributed by atoms with Crippen molar-refractivity contribution in [2.45, 2.75) is 77.2 Å². The van der Waals surface area contributed by atoms with E-state index in [1.807, 2.05) is 33.2 Å². The first-order valence-corrected chi connectivity index (χ1v) is 23.6. The molecule has 13 atom stereocenters. The molecule has 7 rings (SSSR count). The number of hydrogen-bond donors (Lipinski definition) is 2. The number of carbonyl (C=O) groups excluding carboxylic acids is 6. The van der Waals surface area contributed by atoms with Gasteiger partial charge in [0.2, 0.25) is 0 Å². The number of carbonyl (C=O) groups is 6. The zero-order valence-electron chi connectivity index (χ0n) is 40.1. The van der Waals surface area contributed by atoms with Crippen LogP contribution in [0.25, 0.3) is 0 Å². The highest BCUT2D eigenvalue weighted by molar-refractivity contribution is 6.30. The van der Waals surface area contributed by atoms with Gasteiger partial charge in [0.05, 0.1) is 5.60 Å². The number of fused-ring (bicyclic) bond motifs is 6. The summed E-state index contributed by atoms with van der Waals surface area (Å²) < 4.78 is 40.3. The summed E-state index contributed by atoms with van der Waals surface area (Å²) >= 11 is 0. The lowest BCUT2D eigenvalue weighted by Crippen LogP contribution is -2.68. The molecule has 2 N–H and O–H groups in total. The maximum Gasteiger partial charge on any atom is 0.417 e. The molecule has 2 saturated carbocycles. The number of likely N-dealkylation sites (N-methyl/N-ethyl adjacent to an activating group) is 2. The number of rotatable bonds is 12. The Morgan fingerprint density at radius 2 is 1.45 bits per heavy atom. The minimum atomic E-state index is -1.75. The minimum absolute atomic E-state index is 0.000741. The Balaban J connectivity index is 1.13. The highest BCUT2D eigenvalue weighted by Gasteiger charge is 2.74. The van der Waals surface area contributed by atoms with E-state index in [4.69, 9.17) is 33.2 Å². The SMILES string of the molecule is CO[C@H]1C[C@@]2(C)C=CC3C([C@@H]4[C@H](OC(=O)C(=O)OCCN5CCN(C)CC5)[C@@H](C)[C@@H](OC(=O)c5ccc[nH]5)[C@@H]34)[C@]2(O)/C(C)=C/[C@@H](C)[C@@H]([C@@H](C)OC(=O)C(=O)OCCN2CCN(C)CC2)OC1=O. The van der Waals surface area contributed by atoms with Crippen molar-refractivity contribution in [2.24, 2.45) is 40.9 Å². The molecule has 4 fully saturated rings. The number of nitrogens with zero attached hydrogens (tertiary/aromatic N) is 4. The van der Waals surface area contributed by atoms with Gasteiger partial charge in [-0.2, -0.15) is 0 Å². The minimum Gasteiger partial charge on any atom is -0.457 e. The molecule has 67 heavy (non-hydrogen) atoms. The van der Waals surface area contributed by atoms with Crippen LogP contribution in [0, 0.1) is 40.9 Å². The number of cyclic esters (lactones) is 1. The van der Waals surface area contributed by atoms with Gasteiger partial charge >= 0.3 is 35.8 Å². The van der Waals surface area contributed by atoms with Crippen LogP contribution < -0.4 is 0 Å². The predicted octanol–water partition coefficient (Wildman–Crippen LogP) is 1.31. The molecule has 3 aliphatic carbocycles. The average Bonchev–Trinajstić information content (AvgIpc) is 3.91. The predicted molar refractivity (Wildman–Crippen MR) is 239 cm³/mol. The number of methoxy groups -OCH3 is 1. The first-order chi connectivity index (χ1) is 31.9. The molecule has 0 aromatic carbocycles. The molecule has 6 aliphatic rings. The number of nitrogens with one attached hydrogen (secondary N) is 1. The molecule has 1 aromatic rings. The molecule has 0 radical (unpaired) electrons. The van der Waals surface area contributed by atoms with E-state index < -0.39 is 113 Å². The van der Waals surface area contributed by atoms with Crippen molar-refractivity contribution in [3.63, 3.8) is 0 Å². The van der Waals surface area contributed by atoms with Crippen molar-refractivity contribution in [3.05, 3.63) is 47.8 Å². The lowest BCUT2D eigenvalue weighted by atomic mass is 9.42. The monoisotopic (exact) mass is 939 g/mol. The van der Waals surface area contributed by atoms with Crippen LogP contribution in [-0.4, -0.2) is 201 Å². The van der Waals surface area contributed by atoms with E-state index in [2.05, 4.69) is 24.6 Å². The molecule has 4 heterocycles. The number of esters is 6. The van der Waals surface area contributed by atoms with E-state index >= 15 is 0 Å². The van der Waals surface area contributed by atoms with Crippen LogP contribution in [0.5, 0.6) is 0 Å². The Kier molecular flexibility index (Phi) is 15.7. The average molecular weight is 940 g/mol. The van der Waals surface area contributed by atoms with Crippen LogP contribution in [0.2, 0.25) is 0 Å². The van der Waals surface area contributed by atoms with Crippen molar-refractivity contribution < 1.29 is 67.0 Å². The van der Waals surface area contributed by atoms with Gasteiger partial charge in [-0.3, -0.25) is 9.80 Å². The lowest BCUT2D eigenvalue weighted by Gasteiger charge is -2.64. The Morgan fingerprint density at radius 1 is 0.866 bits per heavy atom. The van der Waals surface area contributed by atoms with E-state index in [1.165, 1.54) is 14.0 Å². The number of aliphatic hydroxyl groups is 1. The molecular weight excluding hydrogens is 871 g/mol. The van der Waals surface area contributed by atoms with E-state index in [0.717, 1.165) is 52.4 Å². The molecule has 19 nitrogen and oxygen atoms in total. The number of aromatic nitrogens is 1. The number of aromatic amines is 1. The Hall–Kier alpha value is -4.66. The number of hydrogen-bond acceptors (Lipinski definition) is 18. The summed E-state index contributed by atoms with van der Waals surface area (Å²) in [5.41, 5.74) is -2.20. The summed E-state index contributed by atoms with van der Waals surface area (Å²) in [5.74, 6) is -9.56. The largest absolute Gasteiger partial charge is 0.457 e. The highest BCUT2D eigenvalue weighted by Crippen LogP contribution is 2.69. The van der Waals surface area contributed by atoms with Crippen LogP contribution in [0.1, 0.15) is 51.5 Å². The fraction of sp³-hybridized carbons (Fsp3) is 0.708. The van der Waals surface area contributed by atoms with Gasteiger partial charge in [0.15, 0.2) is 6.10 Å². The molecule has 0 bridgehead atoms. The molecule has 2 unspecified atom stereocenters. The van der Waals surface area contributed by atoms with Gasteiger partial charge in [-0.1, -0.05) is 39.0 Å². The quantitative estimate of drug-likeness (QED) is 0.131. The van der Waals surface area contributed by atoms with Crippen LogP contribution in [0.15, 0.2) is 42.1 Å². The van der Waals surface area contributed by atoms with Crippen LogP contribution >= 0.6 is 0 Å². The van der Waals surface area contributed by atoms with E-state index in [9.17, 15) is 33.9 Å². The van der Waals surface area contributed by atoms with Gasteiger partial charge in [-0.25, -0.2) is 28.8 Å². The second kappa shape index (κ2) is 20.9. The number of ether oxygens (including phenoxy) is 7. The molecule has 0 spiro atoms. The summed E-state index contributed by atoms with van der Waals surface area (Å²) in [6, 6.07) is 3.27. The topological polar surface area (TPSA) is 216 Å². The zero-order chi connectivity index (χ0) is 48.4. The summed E-state index contributed by atoms with van der Waals surface area (Å²) in [4.78, 5) is 91.9. The summed E-state index contributed by atoms with van der Waals surface area (Å²) in [7, 11) is 5.44. The standard InChI is InChI=1S/C48H69N5O14/c1-28-26-29(2)48(60)37-32(11-12-47(48,5)27-34(61-8)42(55)65-38(28)31(4)64-45(58)43(56)62-24-22-52-18-14-50(6)15-19-52)35-36(37)40(30(3)39(35)66-41(54)33-10-9-13-49-33)67-46(59)44(57)63-25-23-53-20-16-51(7)17-21-53/h9-13,26,28,30-32,34-40,49,60H,14-25,27H2,1-8H3/b29-26+/t28-,30+,31-,32?,34+,35+,36-,37?,38+,39-,40-,47-,48-/m1/s1. The molecule has 0 amide bonds. The van der Waals surface area contributed by atoms with Crippen molar-refractivity contribution >= 4 is 35.8 Å². The number of allylic oxidation sites excluding steroid dienone is 1. The van der Waals surface area contributed by atoms with Crippen molar-refractivity contribution in [1.29, 1.82) is 0 Å². The van der Waals surface area contributed by atoms with Gasteiger partial charge < -0.3 is 53.0 Å². The molecular formula is C48H69N5O14. The van der Waals surface area contributed by atoms with Gasteiger partial charge in [0.25, 0.3) is 0 Å². The summed E-state index contributed by atoms with van der Waals surface area (Å²) in [6.45, 7) is 16.4. The fourth-order valence-corrected chi connectivity index (χ4v) is 11.5. The zero-order valence-corrected chi connectivity index (χ0v) is 40.1. The van der Waals surface area contributed by atoms with Gasteiger partial charge in [0, 0.05) is 114 Å². The third-order valence-corrected chi connectivity index (χ3v) is 15.5. The highest BCUT2D eigenvalue weighted by atomic mass is 16.6. The van der Waals surface area contributed by atoms with Crippen molar-refractivity contribution in [1.82, 2.24) is 24.6 Å². The summed E-state index contributed by atoms with van der Waals surface area (Å²) in [6.07, 6.45) is 1.91. The fourth-order valence-electron chi connectivity index (χ4n) is 11.5. The third kappa shape index (κ3) is 10.4. The Morgan fingerprint density at radius 3 is 2.01 bits per heavy atom. The number of piperazine rings is 2. The number of H-pyrrole nitrogens is 1. The second-order valence-electron chi connectivity index (χ2n) is 19.7. The molecule has 2 saturated heterocycles. The van der Waals surface area contributed by atoms with Crippen molar-refractivity contribution in [2.75, 3.05) is 99.9 Å². The van der Waals surface area contributed by atoms with Crippen LogP contribution in [-0.2, 0) is 57.1 Å². The smallest absolute Gasteiger partial charge is 0.417 e. The van der Waals surface area contributed by atoms with Crippen molar-refractivity contribution in [3.8, 4) is 0 Å². The molecule has 3 aliphatic heterocycles. The van der Waals surface area contributed by atoms with Crippen LogP contribution in [0.3, 0.4) is 0 Å². The first kappa shape index (κ1) is 50.2. The van der Waals surface area contributed by atoms with E-state index in [0.29, 0.717) is 18.7 Å². The van der Waals surface area contributed by atoms with E-state index in [-0.39, 0.29) is 25.3 Å². The van der Waals surface area contributed by atoms with Gasteiger partial charge in [-0.05, 0) is 58.0 Å². The lowest BCUT2D eigenvalue weighted by molar-refractivity contribution is -0.212. The normalized spacial score (nSPS) is 36.1. The third-order valence-electron chi connectivity index (χ3n) is 15.5. The Labute approximate surface area is 392 Å². The molecule has 370 valence electrons. The maximum absolute atomic E-state index is 14.0. The second-order valence-corrected chi connectivity index (χ2v) is 19.7. The van der Waals surface area contributed by atoms with Gasteiger partial charge in [0.1, 0.15) is 43.3 Å². The van der Waals surface area contributed by atoms with E-state index in [1.54, 1.807) is 45.2 Å².